The highest BCUT2D eigenvalue weighted by Crippen LogP contribution is 2.25. The van der Waals surface area contributed by atoms with E-state index < -0.39 is 0 Å². The molecule has 0 aliphatic carbocycles. The van der Waals surface area contributed by atoms with E-state index in [0.29, 0.717) is 5.82 Å². The standard InChI is InChI=1S/C15H20BrN5/c1-4-10-7-11(16)5-6-12(10)18-13-8-14(21-17)20-15(19-13)9(2)3/h5-9H,4,17H2,1-3H3,(H2,18,19,20,21). The number of aromatic nitrogens is 2. The Morgan fingerprint density at radius 3 is 2.52 bits per heavy atom. The van der Waals surface area contributed by atoms with E-state index in [1.165, 1.54) is 5.56 Å². The average Bonchev–Trinajstić information content (AvgIpc) is 2.48. The summed E-state index contributed by atoms with van der Waals surface area (Å²) in [6.07, 6.45) is 0.936. The highest BCUT2D eigenvalue weighted by atomic mass is 79.9. The van der Waals surface area contributed by atoms with Gasteiger partial charge in [0.15, 0.2) is 0 Å². The number of nitrogens with one attached hydrogen (secondary N) is 2. The molecule has 1 heterocycles. The van der Waals surface area contributed by atoms with Gasteiger partial charge in [0.25, 0.3) is 0 Å². The minimum absolute atomic E-state index is 0.231. The lowest BCUT2D eigenvalue weighted by Gasteiger charge is -2.14. The Morgan fingerprint density at radius 2 is 1.90 bits per heavy atom. The monoisotopic (exact) mass is 349 g/mol. The normalized spacial score (nSPS) is 10.8. The second-order valence-corrected chi connectivity index (χ2v) is 5.99. The minimum atomic E-state index is 0.231. The molecule has 0 fully saturated rings. The van der Waals surface area contributed by atoms with Crippen LogP contribution in [0.1, 0.15) is 38.1 Å². The summed E-state index contributed by atoms with van der Waals surface area (Å²) in [7, 11) is 0. The fourth-order valence-electron chi connectivity index (χ4n) is 1.98. The van der Waals surface area contributed by atoms with Crippen LogP contribution in [0.2, 0.25) is 0 Å². The summed E-state index contributed by atoms with van der Waals surface area (Å²) in [4.78, 5) is 8.90. The predicted octanol–water partition coefficient (Wildman–Crippen LogP) is 3.95. The van der Waals surface area contributed by atoms with Crippen LogP contribution < -0.4 is 16.6 Å². The molecule has 0 radical (unpaired) electrons. The zero-order valence-electron chi connectivity index (χ0n) is 12.4. The van der Waals surface area contributed by atoms with Crippen LogP contribution in [-0.2, 0) is 6.42 Å². The van der Waals surface area contributed by atoms with Crippen molar-refractivity contribution >= 4 is 33.3 Å². The first-order valence-electron chi connectivity index (χ1n) is 6.94. The number of hydrogen-bond acceptors (Lipinski definition) is 5. The van der Waals surface area contributed by atoms with Gasteiger partial charge in [0, 0.05) is 22.1 Å². The van der Waals surface area contributed by atoms with Crippen molar-refractivity contribution in [1.82, 2.24) is 9.97 Å². The fraction of sp³-hybridized carbons (Fsp3) is 0.333. The maximum atomic E-state index is 5.48. The molecule has 4 N–H and O–H groups in total. The molecule has 0 spiro atoms. The maximum absolute atomic E-state index is 5.48. The van der Waals surface area contributed by atoms with Gasteiger partial charge in [0.2, 0.25) is 0 Å². The number of nitrogens with zero attached hydrogens (tertiary/aromatic N) is 2. The van der Waals surface area contributed by atoms with E-state index in [4.69, 9.17) is 5.84 Å². The smallest absolute Gasteiger partial charge is 0.145 e. The summed E-state index contributed by atoms with van der Waals surface area (Å²) in [5, 5.41) is 3.35. The molecule has 0 aliphatic heterocycles. The van der Waals surface area contributed by atoms with Gasteiger partial charge in [-0.2, -0.15) is 0 Å². The first kappa shape index (κ1) is 15.7. The Labute approximate surface area is 133 Å². The molecular formula is C15H20BrN5. The molecule has 0 unspecified atom stereocenters. The second kappa shape index (κ2) is 6.87. The van der Waals surface area contributed by atoms with Crippen molar-refractivity contribution in [3.8, 4) is 0 Å². The molecule has 21 heavy (non-hydrogen) atoms. The van der Waals surface area contributed by atoms with Crippen LogP contribution in [0.25, 0.3) is 0 Å². The molecule has 1 aromatic heterocycles. The molecule has 112 valence electrons. The summed E-state index contributed by atoms with van der Waals surface area (Å²) in [5.74, 6) is 7.80. The van der Waals surface area contributed by atoms with Gasteiger partial charge >= 0.3 is 0 Å². The molecule has 6 heteroatoms. The number of rotatable bonds is 5. The van der Waals surface area contributed by atoms with Crippen molar-refractivity contribution in [2.75, 3.05) is 10.7 Å². The van der Waals surface area contributed by atoms with Crippen molar-refractivity contribution in [3.63, 3.8) is 0 Å². The molecule has 0 bridgehead atoms. The Morgan fingerprint density at radius 1 is 1.19 bits per heavy atom. The Bertz CT molecular complexity index is 627. The van der Waals surface area contributed by atoms with E-state index in [2.05, 4.69) is 63.5 Å². The number of halogens is 1. The lowest BCUT2D eigenvalue weighted by atomic mass is 10.1. The number of hydrazine groups is 1. The molecule has 1 aromatic carbocycles. The molecule has 2 rings (SSSR count). The van der Waals surface area contributed by atoms with Gasteiger partial charge in [-0.25, -0.2) is 15.8 Å². The van der Waals surface area contributed by atoms with Gasteiger partial charge in [0.05, 0.1) is 0 Å². The summed E-state index contributed by atoms with van der Waals surface area (Å²) >= 11 is 3.50. The second-order valence-electron chi connectivity index (χ2n) is 5.08. The number of nitrogen functional groups attached to an aromatic ring is 1. The predicted molar refractivity (Wildman–Crippen MR) is 90.7 cm³/mol. The first-order chi connectivity index (χ1) is 10.0. The largest absolute Gasteiger partial charge is 0.340 e. The Balaban J connectivity index is 2.37. The van der Waals surface area contributed by atoms with Crippen LogP contribution in [0.4, 0.5) is 17.3 Å². The number of nitrogens with two attached hydrogens (primary N) is 1. The average molecular weight is 350 g/mol. The van der Waals surface area contributed by atoms with E-state index in [0.717, 1.165) is 28.2 Å². The number of hydrogen-bond donors (Lipinski definition) is 3. The third kappa shape index (κ3) is 3.92. The van der Waals surface area contributed by atoms with Crippen LogP contribution in [0.5, 0.6) is 0 Å². The summed E-state index contributed by atoms with van der Waals surface area (Å²) in [5.41, 5.74) is 4.85. The first-order valence-corrected chi connectivity index (χ1v) is 7.73. The molecule has 0 amide bonds. The summed E-state index contributed by atoms with van der Waals surface area (Å²) in [6.45, 7) is 6.23. The SMILES string of the molecule is CCc1cc(Br)ccc1Nc1cc(NN)nc(C(C)C)n1. The zero-order chi connectivity index (χ0) is 15.4. The molecule has 0 saturated carbocycles. The summed E-state index contributed by atoms with van der Waals surface area (Å²) in [6, 6.07) is 7.95. The molecule has 2 aromatic rings. The van der Waals surface area contributed by atoms with E-state index in [-0.39, 0.29) is 5.92 Å². The highest BCUT2D eigenvalue weighted by Gasteiger charge is 2.09. The van der Waals surface area contributed by atoms with Gasteiger partial charge in [-0.05, 0) is 30.2 Å². The van der Waals surface area contributed by atoms with E-state index in [9.17, 15) is 0 Å². The lowest BCUT2D eigenvalue weighted by molar-refractivity contribution is 0.777. The van der Waals surface area contributed by atoms with Crippen molar-refractivity contribution in [2.45, 2.75) is 33.1 Å². The van der Waals surface area contributed by atoms with Crippen molar-refractivity contribution in [1.29, 1.82) is 0 Å². The van der Waals surface area contributed by atoms with Gasteiger partial charge < -0.3 is 10.7 Å². The molecule has 0 aliphatic rings. The number of aryl methyl sites for hydroxylation is 1. The lowest BCUT2D eigenvalue weighted by Crippen LogP contribution is -2.12. The molecule has 0 saturated heterocycles. The van der Waals surface area contributed by atoms with Crippen molar-refractivity contribution in [3.05, 3.63) is 40.1 Å². The Hall–Kier alpha value is -1.66. The van der Waals surface area contributed by atoms with Crippen LogP contribution in [-0.4, -0.2) is 9.97 Å². The number of anilines is 3. The quantitative estimate of drug-likeness (QED) is 0.562. The van der Waals surface area contributed by atoms with E-state index in [1.807, 2.05) is 12.1 Å². The number of benzene rings is 1. The molecular weight excluding hydrogens is 330 g/mol. The van der Waals surface area contributed by atoms with E-state index >= 15 is 0 Å². The van der Waals surface area contributed by atoms with Gasteiger partial charge in [0.1, 0.15) is 17.5 Å². The minimum Gasteiger partial charge on any atom is -0.340 e. The van der Waals surface area contributed by atoms with Crippen LogP contribution in [0.3, 0.4) is 0 Å². The van der Waals surface area contributed by atoms with Crippen molar-refractivity contribution < 1.29 is 0 Å². The van der Waals surface area contributed by atoms with Crippen molar-refractivity contribution in [2.24, 2.45) is 5.84 Å². The summed E-state index contributed by atoms with van der Waals surface area (Å²) < 4.78 is 1.07. The molecule has 0 atom stereocenters. The highest BCUT2D eigenvalue weighted by molar-refractivity contribution is 9.10. The molecule has 5 nitrogen and oxygen atoms in total. The third-order valence-electron chi connectivity index (χ3n) is 3.12. The van der Waals surface area contributed by atoms with Gasteiger partial charge in [-0.15, -0.1) is 0 Å². The van der Waals surface area contributed by atoms with Gasteiger partial charge in [-0.3, -0.25) is 0 Å². The fourth-order valence-corrected chi connectivity index (χ4v) is 2.39. The van der Waals surface area contributed by atoms with E-state index in [1.54, 1.807) is 6.07 Å². The topological polar surface area (TPSA) is 75.9 Å². The third-order valence-corrected chi connectivity index (χ3v) is 3.61. The van der Waals surface area contributed by atoms with Crippen LogP contribution in [0, 0.1) is 0 Å². The zero-order valence-corrected chi connectivity index (χ0v) is 14.0. The van der Waals surface area contributed by atoms with Crippen LogP contribution >= 0.6 is 15.9 Å². The van der Waals surface area contributed by atoms with Crippen LogP contribution in [0.15, 0.2) is 28.7 Å². The Kier molecular flexibility index (Phi) is 5.14. The maximum Gasteiger partial charge on any atom is 0.145 e. The van der Waals surface area contributed by atoms with Gasteiger partial charge in [-0.1, -0.05) is 36.7 Å².